The summed E-state index contributed by atoms with van der Waals surface area (Å²) in [4.78, 5) is 0. The molecule has 0 saturated heterocycles. The molecule has 0 saturated carbocycles. The molecule has 1 aromatic carbocycles. The molecule has 0 heterocycles. The highest BCUT2D eigenvalue weighted by atomic mass is 15.3. The normalized spacial score (nSPS) is 10.4. The molecule has 0 aliphatic rings. The molecule has 0 amide bonds. The molecule has 0 unspecified atom stereocenters. The zero-order valence-corrected chi connectivity index (χ0v) is 7.36. The maximum absolute atomic E-state index is 8.76. The average Bonchev–Trinajstić information content (AvgIpc) is 2.20. The Morgan fingerprint density at radius 1 is 1.43 bits per heavy atom. The van der Waals surface area contributed by atoms with Crippen molar-refractivity contribution >= 4 is 11.7 Å². The van der Waals surface area contributed by atoms with Crippen LogP contribution in [0.25, 0.3) is 0 Å². The lowest BCUT2D eigenvalue weighted by Gasteiger charge is -1.98. The minimum Gasteiger partial charge on any atom is -0.369 e. The van der Waals surface area contributed by atoms with Crippen LogP contribution in [0.5, 0.6) is 0 Å². The first-order valence-corrected chi connectivity index (χ1v) is 3.87. The van der Waals surface area contributed by atoms with Crippen molar-refractivity contribution in [3.63, 3.8) is 0 Å². The highest BCUT2D eigenvalue weighted by Crippen LogP contribution is 1.99. The summed E-state index contributed by atoms with van der Waals surface area (Å²) in [6, 6.07) is 10.9. The largest absolute Gasteiger partial charge is 0.369 e. The number of nitriles is 1. The van der Waals surface area contributed by atoms with E-state index >= 15 is 0 Å². The zero-order chi connectivity index (χ0) is 10.4. The second-order valence-corrected chi connectivity index (χ2v) is 2.46. The van der Waals surface area contributed by atoms with Crippen molar-refractivity contribution in [1.82, 2.24) is 5.43 Å². The summed E-state index contributed by atoms with van der Waals surface area (Å²) < 4.78 is 0. The molecule has 5 nitrogen and oxygen atoms in total. The zero-order valence-electron chi connectivity index (χ0n) is 7.36. The van der Waals surface area contributed by atoms with Gasteiger partial charge in [-0.05, 0) is 0 Å². The van der Waals surface area contributed by atoms with Gasteiger partial charge in [0.25, 0.3) is 0 Å². The first-order chi connectivity index (χ1) is 6.74. The smallest absolute Gasteiger partial charge is 0.206 e. The molecule has 0 atom stereocenters. The summed E-state index contributed by atoms with van der Waals surface area (Å²) in [7, 11) is 0. The number of guanidine groups is 1. The predicted molar refractivity (Wildman–Crippen MR) is 53.6 cm³/mol. The van der Waals surface area contributed by atoms with Gasteiger partial charge >= 0.3 is 0 Å². The van der Waals surface area contributed by atoms with Gasteiger partial charge < -0.3 is 5.73 Å². The van der Waals surface area contributed by atoms with Crippen LogP contribution < -0.4 is 11.2 Å². The third kappa shape index (κ3) is 2.60. The van der Waals surface area contributed by atoms with E-state index in [9.17, 15) is 0 Å². The van der Waals surface area contributed by atoms with Gasteiger partial charge in [-0.1, -0.05) is 30.3 Å². The third-order valence-electron chi connectivity index (χ3n) is 1.44. The summed E-state index contributed by atoms with van der Waals surface area (Å²) in [6.45, 7) is 0. The maximum atomic E-state index is 8.76. The van der Waals surface area contributed by atoms with Gasteiger partial charge in [0.2, 0.25) is 5.96 Å². The summed E-state index contributed by atoms with van der Waals surface area (Å²) in [5.74, 6) is -0.298. The molecule has 4 N–H and O–H groups in total. The summed E-state index contributed by atoms with van der Waals surface area (Å²) >= 11 is 0. The standard InChI is InChI=1S/C9H9N5/c10-6-8(13-14-9(11)12)7-4-2-1-3-5-7/h1-5H,(H4,11,12,14). The van der Waals surface area contributed by atoms with Gasteiger partial charge in [0, 0.05) is 5.56 Å². The minimum absolute atomic E-state index is 0.195. The van der Waals surface area contributed by atoms with Crippen LogP contribution in [-0.4, -0.2) is 11.7 Å². The second-order valence-electron chi connectivity index (χ2n) is 2.46. The third-order valence-corrected chi connectivity index (χ3v) is 1.44. The lowest BCUT2D eigenvalue weighted by molar-refractivity contribution is 0.996. The number of nitrogens with one attached hydrogen (secondary N) is 2. The van der Waals surface area contributed by atoms with Crippen molar-refractivity contribution in [2.75, 3.05) is 0 Å². The number of nitrogens with zero attached hydrogens (tertiary/aromatic N) is 2. The molecular formula is C9H9N5. The number of hydrogen-bond acceptors (Lipinski definition) is 3. The number of hydrogen-bond donors (Lipinski definition) is 3. The number of rotatable bonds is 2. The molecule has 0 radical (unpaired) electrons. The Balaban J connectivity index is 2.89. The second kappa shape index (κ2) is 4.62. The van der Waals surface area contributed by atoms with Crippen molar-refractivity contribution in [1.29, 1.82) is 10.7 Å². The Bertz CT molecular complexity index is 387. The van der Waals surface area contributed by atoms with Crippen LogP contribution in [0, 0.1) is 16.7 Å². The van der Waals surface area contributed by atoms with Crippen molar-refractivity contribution in [2.24, 2.45) is 10.8 Å². The van der Waals surface area contributed by atoms with E-state index in [4.69, 9.17) is 16.4 Å². The fourth-order valence-electron chi connectivity index (χ4n) is 0.866. The Kier molecular flexibility index (Phi) is 3.21. The first kappa shape index (κ1) is 9.74. The average molecular weight is 187 g/mol. The molecule has 0 fully saturated rings. The van der Waals surface area contributed by atoms with E-state index in [1.165, 1.54) is 0 Å². The molecule has 5 heteroatoms. The molecule has 70 valence electrons. The van der Waals surface area contributed by atoms with Crippen LogP contribution in [0.3, 0.4) is 0 Å². The van der Waals surface area contributed by atoms with E-state index in [0.717, 1.165) is 0 Å². The van der Waals surface area contributed by atoms with Crippen LogP contribution >= 0.6 is 0 Å². The molecule has 1 aromatic rings. The molecule has 0 aliphatic heterocycles. The van der Waals surface area contributed by atoms with E-state index in [-0.39, 0.29) is 11.7 Å². The predicted octanol–water partition coefficient (Wildman–Crippen LogP) is 0.397. The van der Waals surface area contributed by atoms with Crippen LogP contribution in [0.15, 0.2) is 35.4 Å². The Labute approximate surface area is 81.4 Å². The molecule has 0 bridgehead atoms. The van der Waals surface area contributed by atoms with Crippen molar-refractivity contribution in [2.45, 2.75) is 0 Å². The van der Waals surface area contributed by atoms with Crippen LogP contribution in [-0.2, 0) is 0 Å². The van der Waals surface area contributed by atoms with E-state index in [0.29, 0.717) is 5.56 Å². The molecule has 1 rings (SSSR count). The lowest BCUT2D eigenvalue weighted by atomic mass is 10.1. The molecular weight excluding hydrogens is 178 g/mol. The lowest BCUT2D eigenvalue weighted by Crippen LogP contribution is -2.26. The molecule has 0 spiro atoms. The van der Waals surface area contributed by atoms with Crippen molar-refractivity contribution in [3.8, 4) is 6.07 Å². The minimum atomic E-state index is -0.298. The quantitative estimate of drug-likeness (QED) is 0.355. The number of nitrogens with two attached hydrogens (primary N) is 1. The van der Waals surface area contributed by atoms with Crippen molar-refractivity contribution < 1.29 is 0 Å². The SMILES string of the molecule is N#CC(=NNC(=N)N)c1ccccc1. The van der Waals surface area contributed by atoms with E-state index in [1.807, 2.05) is 12.1 Å². The Hall–Kier alpha value is -2.35. The van der Waals surface area contributed by atoms with Crippen LogP contribution in [0.4, 0.5) is 0 Å². The first-order valence-electron chi connectivity index (χ1n) is 3.87. The van der Waals surface area contributed by atoms with Crippen LogP contribution in [0.2, 0.25) is 0 Å². The molecule has 0 aliphatic carbocycles. The Morgan fingerprint density at radius 2 is 2.07 bits per heavy atom. The van der Waals surface area contributed by atoms with Gasteiger partial charge in [0.1, 0.15) is 6.07 Å². The summed E-state index contributed by atoms with van der Waals surface area (Å²) in [5.41, 5.74) is 8.13. The summed E-state index contributed by atoms with van der Waals surface area (Å²) in [5, 5.41) is 19.3. The van der Waals surface area contributed by atoms with E-state index < -0.39 is 0 Å². The van der Waals surface area contributed by atoms with Gasteiger partial charge in [-0.15, -0.1) is 0 Å². The Morgan fingerprint density at radius 3 is 2.57 bits per heavy atom. The fraction of sp³-hybridized carbons (Fsp3) is 0. The topological polar surface area (TPSA) is 98.0 Å². The molecule has 0 aromatic heterocycles. The number of hydrazone groups is 1. The highest BCUT2D eigenvalue weighted by Gasteiger charge is 2.00. The van der Waals surface area contributed by atoms with Gasteiger partial charge in [-0.3, -0.25) is 5.41 Å². The van der Waals surface area contributed by atoms with Crippen molar-refractivity contribution in [3.05, 3.63) is 35.9 Å². The van der Waals surface area contributed by atoms with Crippen LogP contribution in [0.1, 0.15) is 5.56 Å². The summed E-state index contributed by atoms with van der Waals surface area (Å²) in [6.07, 6.45) is 0. The van der Waals surface area contributed by atoms with E-state index in [2.05, 4.69) is 10.5 Å². The monoisotopic (exact) mass is 187 g/mol. The highest BCUT2D eigenvalue weighted by molar-refractivity contribution is 6.11. The van der Waals surface area contributed by atoms with Gasteiger partial charge in [-0.25, -0.2) is 5.43 Å². The van der Waals surface area contributed by atoms with Gasteiger partial charge in [0.05, 0.1) is 0 Å². The number of benzene rings is 1. The van der Waals surface area contributed by atoms with Gasteiger partial charge in [0.15, 0.2) is 5.71 Å². The fourth-order valence-corrected chi connectivity index (χ4v) is 0.866. The van der Waals surface area contributed by atoms with E-state index in [1.54, 1.807) is 24.3 Å². The maximum Gasteiger partial charge on any atom is 0.206 e. The van der Waals surface area contributed by atoms with Gasteiger partial charge in [-0.2, -0.15) is 10.4 Å². The molecule has 14 heavy (non-hydrogen) atoms.